The number of hydrogen-bond donors (Lipinski definition) is 3. The van der Waals surface area contributed by atoms with E-state index < -0.39 is 20.0 Å². The highest BCUT2D eigenvalue weighted by Crippen LogP contribution is 2.43. The summed E-state index contributed by atoms with van der Waals surface area (Å²) in [5.74, 6) is -0.227. The summed E-state index contributed by atoms with van der Waals surface area (Å²) >= 11 is 0. The average molecular weight is 936 g/mol. The largest absolute Gasteiger partial charge is 0.472 e. The minimum atomic E-state index is -4.37. The van der Waals surface area contributed by atoms with Crippen molar-refractivity contribution in [3.05, 3.63) is 134 Å². The highest BCUT2D eigenvalue weighted by atomic mass is 31.2. The first-order valence-electron chi connectivity index (χ1n) is 25.6. The predicted octanol–water partition coefficient (Wildman–Crippen LogP) is 15.2. The number of nitrogens with one attached hydrogen (secondary N) is 1. The van der Waals surface area contributed by atoms with Crippen molar-refractivity contribution in [1.29, 1.82) is 0 Å². The number of allylic oxidation sites excluding steroid dienone is 21. The van der Waals surface area contributed by atoms with Gasteiger partial charge in [-0.1, -0.05) is 192 Å². The Bertz CT molecular complexity index is 1530. The topological polar surface area (TPSA) is 105 Å². The molecule has 0 saturated carbocycles. The summed E-state index contributed by atoms with van der Waals surface area (Å²) in [5.41, 5.74) is 0. The van der Waals surface area contributed by atoms with Gasteiger partial charge in [-0.15, -0.1) is 0 Å². The van der Waals surface area contributed by atoms with Crippen molar-refractivity contribution >= 4 is 13.7 Å². The van der Waals surface area contributed by atoms with E-state index in [1.54, 1.807) is 6.08 Å². The number of aliphatic hydroxyl groups excluding tert-OH is 1. The maximum atomic E-state index is 12.9. The molecule has 0 saturated heterocycles. The van der Waals surface area contributed by atoms with Crippen molar-refractivity contribution in [3.8, 4) is 0 Å². The Kier molecular flexibility index (Phi) is 44.4. The van der Waals surface area contributed by atoms with Crippen molar-refractivity contribution in [2.24, 2.45) is 0 Å². The molecule has 1 amide bonds. The highest BCUT2D eigenvalue weighted by molar-refractivity contribution is 7.47. The molecular formula is C57H96N2O6P+. The van der Waals surface area contributed by atoms with Gasteiger partial charge in [-0.3, -0.25) is 13.8 Å². The van der Waals surface area contributed by atoms with Crippen LogP contribution in [0, 0.1) is 0 Å². The van der Waals surface area contributed by atoms with E-state index in [2.05, 4.69) is 141 Å². The lowest BCUT2D eigenvalue weighted by Crippen LogP contribution is -2.45. The smallest absolute Gasteiger partial charge is 0.387 e. The molecule has 66 heavy (non-hydrogen) atoms. The summed E-state index contributed by atoms with van der Waals surface area (Å²) in [6, 6.07) is -0.891. The normalized spacial score (nSPS) is 15.2. The molecule has 9 heteroatoms. The second-order valence-corrected chi connectivity index (χ2v) is 19.3. The number of rotatable bonds is 44. The number of phosphoric acid groups is 1. The fourth-order valence-corrected chi connectivity index (χ4v) is 7.08. The number of carbonyl (C=O) groups excluding carboxylic acids is 1. The van der Waals surface area contributed by atoms with E-state index in [0.717, 1.165) is 96.3 Å². The van der Waals surface area contributed by atoms with Gasteiger partial charge in [0.1, 0.15) is 13.2 Å². The van der Waals surface area contributed by atoms with Gasteiger partial charge in [0, 0.05) is 6.42 Å². The molecule has 8 nitrogen and oxygen atoms in total. The van der Waals surface area contributed by atoms with E-state index in [1.807, 2.05) is 27.2 Å². The van der Waals surface area contributed by atoms with Gasteiger partial charge < -0.3 is 19.8 Å². The first-order valence-corrected chi connectivity index (χ1v) is 27.1. The number of unbranched alkanes of at least 4 members (excludes halogenated alkanes) is 11. The summed E-state index contributed by atoms with van der Waals surface area (Å²) in [6.45, 7) is 4.61. The zero-order chi connectivity index (χ0) is 48.5. The number of carbonyl (C=O) groups is 1. The van der Waals surface area contributed by atoms with Gasteiger partial charge in [-0.25, -0.2) is 4.57 Å². The van der Waals surface area contributed by atoms with Crippen LogP contribution in [-0.2, 0) is 18.4 Å². The van der Waals surface area contributed by atoms with E-state index in [1.165, 1.54) is 44.9 Å². The van der Waals surface area contributed by atoms with Crippen LogP contribution in [0.4, 0.5) is 0 Å². The van der Waals surface area contributed by atoms with E-state index in [4.69, 9.17) is 9.05 Å². The molecule has 0 aliphatic heterocycles. The SMILES string of the molecule is CC/C=C\C/C=C\C/C=C\C/C=C\C/C=C\C/C=C\C/C=C\C/C=C\C/C=C\CCCCCC(=O)NC(COP(=O)(O)OCC[N+](C)(C)C)C(O)/C=C/CC/C=C/CCCCCCCCC. The van der Waals surface area contributed by atoms with Crippen LogP contribution in [0.2, 0.25) is 0 Å². The van der Waals surface area contributed by atoms with Crippen LogP contribution in [0.1, 0.15) is 168 Å². The number of nitrogens with zero attached hydrogens (tertiary/aromatic N) is 1. The van der Waals surface area contributed by atoms with Crippen LogP contribution >= 0.6 is 7.82 Å². The Balaban J connectivity index is 4.38. The van der Waals surface area contributed by atoms with Gasteiger partial charge in [0.15, 0.2) is 0 Å². The highest BCUT2D eigenvalue weighted by Gasteiger charge is 2.27. The summed E-state index contributed by atoms with van der Waals surface area (Å²) in [6.07, 6.45) is 71.1. The lowest BCUT2D eigenvalue weighted by molar-refractivity contribution is -0.870. The van der Waals surface area contributed by atoms with Crippen molar-refractivity contribution < 1.29 is 32.9 Å². The number of hydrogen-bond acceptors (Lipinski definition) is 5. The predicted molar refractivity (Wildman–Crippen MR) is 285 cm³/mol. The maximum Gasteiger partial charge on any atom is 0.472 e. The molecule has 0 aromatic carbocycles. The third-order valence-electron chi connectivity index (χ3n) is 10.4. The molecule has 0 spiro atoms. The Morgan fingerprint density at radius 1 is 0.530 bits per heavy atom. The summed E-state index contributed by atoms with van der Waals surface area (Å²) < 4.78 is 23.6. The van der Waals surface area contributed by atoms with Crippen molar-refractivity contribution in [1.82, 2.24) is 5.32 Å². The fraction of sp³-hybridized carbons (Fsp3) is 0.596. The van der Waals surface area contributed by atoms with Gasteiger partial charge >= 0.3 is 7.82 Å². The first-order chi connectivity index (χ1) is 32.0. The molecule has 0 fully saturated rings. The van der Waals surface area contributed by atoms with Gasteiger partial charge in [0.05, 0.1) is 39.9 Å². The lowest BCUT2D eigenvalue weighted by atomic mass is 10.1. The molecule has 374 valence electrons. The van der Waals surface area contributed by atoms with Gasteiger partial charge in [-0.2, -0.15) is 0 Å². The van der Waals surface area contributed by atoms with Crippen LogP contribution in [0.5, 0.6) is 0 Å². The third kappa shape index (κ3) is 48.6. The average Bonchev–Trinajstić information content (AvgIpc) is 3.28. The minimum Gasteiger partial charge on any atom is -0.387 e. The zero-order valence-electron chi connectivity index (χ0n) is 42.4. The zero-order valence-corrected chi connectivity index (χ0v) is 43.3. The van der Waals surface area contributed by atoms with Gasteiger partial charge in [0.25, 0.3) is 0 Å². The molecule has 0 aliphatic carbocycles. The summed E-state index contributed by atoms with van der Waals surface area (Å²) in [4.78, 5) is 23.2. The van der Waals surface area contributed by atoms with Crippen LogP contribution < -0.4 is 5.32 Å². The molecule has 0 aliphatic rings. The first kappa shape index (κ1) is 62.6. The van der Waals surface area contributed by atoms with Crippen LogP contribution in [-0.4, -0.2) is 73.4 Å². The molecule has 3 N–H and O–H groups in total. The maximum absolute atomic E-state index is 12.9. The Morgan fingerprint density at radius 3 is 1.39 bits per heavy atom. The number of quaternary nitrogens is 1. The standard InChI is InChI=1S/C57H95N2O6P/c1-6-8-10-12-14-16-18-20-21-22-23-24-25-26-27-28-29-30-31-32-33-34-35-36-37-39-41-43-45-47-49-51-57(61)58-55(54-65-66(62,63)64-53-52-59(3,4)5)56(60)50-48-46-44-42-40-38-19-17-15-13-11-9-7-2/h8,10,14,16,20-21,23-24,26-27,29-30,32-33,35-36,39-42,48,50,55-56,60H,6-7,9,11-13,15,17-19,22,25,28,31,34,37-38,43-47,49,51-54H2,1-5H3,(H-,58,61,62,63)/p+1/b10-8-,16-14-,21-20-,24-23-,27-26-,30-29-,33-32-,36-35-,41-39-,42-40+,50-48+. The Morgan fingerprint density at radius 2 is 0.924 bits per heavy atom. The van der Waals surface area contributed by atoms with Crippen molar-refractivity contribution in [2.75, 3.05) is 40.9 Å². The van der Waals surface area contributed by atoms with Gasteiger partial charge in [0.2, 0.25) is 5.91 Å². The Hall–Kier alpha value is -3.36. The van der Waals surface area contributed by atoms with Crippen LogP contribution in [0.25, 0.3) is 0 Å². The molecular weight excluding hydrogens is 840 g/mol. The number of phosphoric ester groups is 1. The van der Waals surface area contributed by atoms with Crippen LogP contribution in [0.3, 0.4) is 0 Å². The molecule has 0 heterocycles. The van der Waals surface area contributed by atoms with Crippen molar-refractivity contribution in [3.63, 3.8) is 0 Å². The molecule has 0 aromatic rings. The summed E-state index contributed by atoms with van der Waals surface area (Å²) in [5, 5.41) is 13.8. The fourth-order valence-electron chi connectivity index (χ4n) is 6.34. The lowest BCUT2D eigenvalue weighted by Gasteiger charge is -2.25. The van der Waals surface area contributed by atoms with Crippen molar-refractivity contribution in [2.45, 2.75) is 180 Å². The van der Waals surface area contributed by atoms with E-state index >= 15 is 0 Å². The molecule has 3 atom stereocenters. The summed E-state index contributed by atoms with van der Waals surface area (Å²) in [7, 11) is 1.51. The van der Waals surface area contributed by atoms with E-state index in [0.29, 0.717) is 23.9 Å². The molecule has 0 radical (unpaired) electrons. The molecule has 3 unspecified atom stereocenters. The van der Waals surface area contributed by atoms with Gasteiger partial charge in [-0.05, 0) is 103 Å². The van der Waals surface area contributed by atoms with E-state index in [9.17, 15) is 19.4 Å². The number of amides is 1. The molecule has 0 bridgehead atoms. The quantitative estimate of drug-likeness (QED) is 0.0243. The molecule has 0 rings (SSSR count). The third-order valence-corrected chi connectivity index (χ3v) is 11.3. The Labute approximate surface area is 405 Å². The van der Waals surface area contributed by atoms with Crippen LogP contribution in [0.15, 0.2) is 134 Å². The van der Waals surface area contributed by atoms with E-state index in [-0.39, 0.29) is 19.1 Å². The minimum absolute atomic E-state index is 0.0412. The second kappa shape index (κ2) is 46.7. The number of aliphatic hydroxyl groups is 1. The monoisotopic (exact) mass is 936 g/mol. The number of likely N-dealkylation sites (N-methyl/N-ethyl adjacent to an activating group) is 1. The molecule has 0 aromatic heterocycles. The second-order valence-electron chi connectivity index (χ2n) is 17.8.